The van der Waals surface area contributed by atoms with Gasteiger partial charge >= 0.3 is 0 Å². The Labute approximate surface area is 204 Å². The van der Waals surface area contributed by atoms with Gasteiger partial charge in [0.25, 0.3) is 0 Å². The second-order valence-electron chi connectivity index (χ2n) is 10.0. The first-order valence-corrected chi connectivity index (χ1v) is 11.1. The molecule has 0 unspecified atom stereocenters. The molecule has 1 radical (unpaired) electrons. The van der Waals surface area contributed by atoms with Gasteiger partial charge in [-0.25, -0.2) is 0 Å². The Bertz CT molecular complexity index is 1450. The molecule has 2 heterocycles. The van der Waals surface area contributed by atoms with Gasteiger partial charge in [-0.1, -0.05) is 56.5 Å². The third-order valence-electron chi connectivity index (χ3n) is 6.18. The van der Waals surface area contributed by atoms with Crippen LogP contribution in [0.1, 0.15) is 43.2 Å². The van der Waals surface area contributed by atoms with Crippen molar-refractivity contribution in [2.45, 2.75) is 48.0 Å². The molecule has 2 nitrogen and oxygen atoms in total. The van der Waals surface area contributed by atoms with E-state index in [1.54, 1.807) is 0 Å². The fourth-order valence-electron chi connectivity index (χ4n) is 4.98. The summed E-state index contributed by atoms with van der Waals surface area (Å²) in [5.74, 6) is 0. The van der Waals surface area contributed by atoms with Crippen molar-refractivity contribution in [2.75, 3.05) is 0 Å². The molecule has 0 spiro atoms. The van der Waals surface area contributed by atoms with Crippen LogP contribution in [0.2, 0.25) is 0 Å². The molecule has 3 aromatic carbocycles. The van der Waals surface area contributed by atoms with E-state index in [0.29, 0.717) is 0 Å². The molecule has 0 atom stereocenters. The van der Waals surface area contributed by atoms with Crippen LogP contribution in [0.3, 0.4) is 0 Å². The zero-order valence-electron chi connectivity index (χ0n) is 19.6. The van der Waals surface area contributed by atoms with Crippen molar-refractivity contribution >= 4 is 27.3 Å². The van der Waals surface area contributed by atoms with Gasteiger partial charge in [0.15, 0.2) is 0 Å². The summed E-state index contributed by atoms with van der Waals surface area (Å²) in [4.78, 5) is 5.06. The summed E-state index contributed by atoms with van der Waals surface area (Å²) in [5.41, 5.74) is 9.90. The molecule has 3 heteroatoms. The van der Waals surface area contributed by atoms with E-state index in [0.717, 1.165) is 23.1 Å². The minimum absolute atomic E-state index is 0. The van der Waals surface area contributed by atoms with E-state index in [1.165, 1.54) is 44.2 Å². The molecule has 0 N–H and O–H groups in total. The summed E-state index contributed by atoms with van der Waals surface area (Å²) in [5, 5.41) is 3.58. The van der Waals surface area contributed by atoms with Crippen molar-refractivity contribution in [1.29, 1.82) is 0 Å². The van der Waals surface area contributed by atoms with E-state index in [4.69, 9.17) is 4.98 Å². The molecule has 0 aliphatic carbocycles. The Morgan fingerprint density at radius 2 is 1.62 bits per heavy atom. The molecular weight excluding hydrogens is 569 g/mol. The van der Waals surface area contributed by atoms with Crippen LogP contribution >= 0.6 is 0 Å². The maximum atomic E-state index is 5.06. The van der Waals surface area contributed by atoms with Crippen LogP contribution < -0.4 is 0 Å². The fourth-order valence-corrected chi connectivity index (χ4v) is 4.98. The molecule has 5 rings (SSSR count). The molecule has 0 aliphatic heterocycles. The Kier molecular flexibility index (Phi) is 5.77. The number of pyridine rings is 1. The van der Waals surface area contributed by atoms with Gasteiger partial charge in [-0.15, -0.1) is 29.7 Å². The third-order valence-corrected chi connectivity index (χ3v) is 6.18. The van der Waals surface area contributed by atoms with Gasteiger partial charge in [0.05, 0.1) is 17.0 Å². The van der Waals surface area contributed by atoms with Gasteiger partial charge in [0, 0.05) is 31.2 Å². The summed E-state index contributed by atoms with van der Waals surface area (Å²) in [6.07, 6.45) is 1.05. The Balaban J connectivity index is 0.00000245. The summed E-state index contributed by atoms with van der Waals surface area (Å²) >= 11 is 0. The van der Waals surface area contributed by atoms with Crippen molar-refractivity contribution in [3.63, 3.8) is 0 Å². The Hall–Kier alpha value is -2.48. The number of hydrogen-bond acceptors (Lipinski definition) is 1. The number of nitrogens with zero attached hydrogens (tertiary/aromatic N) is 2. The van der Waals surface area contributed by atoms with Gasteiger partial charge < -0.3 is 4.40 Å². The topological polar surface area (TPSA) is 17.3 Å². The van der Waals surface area contributed by atoms with Crippen LogP contribution in [-0.4, -0.2) is 9.38 Å². The number of fused-ring (bicyclic) bond motifs is 6. The predicted molar refractivity (Wildman–Crippen MR) is 132 cm³/mol. The summed E-state index contributed by atoms with van der Waals surface area (Å²) in [7, 11) is 0. The van der Waals surface area contributed by atoms with E-state index in [9.17, 15) is 0 Å². The number of aryl methyl sites for hydroxylation is 3. The van der Waals surface area contributed by atoms with Crippen molar-refractivity contribution in [1.82, 2.24) is 9.38 Å². The minimum Gasteiger partial charge on any atom is -0.333 e. The molecule has 5 aromatic rings. The van der Waals surface area contributed by atoms with Crippen LogP contribution in [0, 0.1) is 32.3 Å². The van der Waals surface area contributed by atoms with Gasteiger partial charge in [-0.3, -0.25) is 4.98 Å². The monoisotopic (exact) mass is 598 g/mol. The fraction of sp³-hybridized carbons (Fsp3) is 0.276. The second kappa shape index (κ2) is 8.14. The molecule has 0 saturated carbocycles. The van der Waals surface area contributed by atoms with E-state index < -0.39 is 0 Å². The normalized spacial score (nSPS) is 11.9. The molecule has 0 aliphatic rings. The maximum Gasteiger partial charge on any atom is 0.0669 e. The van der Waals surface area contributed by atoms with E-state index in [2.05, 4.69) is 101 Å². The quantitative estimate of drug-likeness (QED) is 0.151. The van der Waals surface area contributed by atoms with E-state index in [-0.39, 0.29) is 25.5 Å². The first-order valence-electron chi connectivity index (χ1n) is 11.1. The molecular formula is C29H29IrN2-. The number of benzene rings is 3. The summed E-state index contributed by atoms with van der Waals surface area (Å²) < 4.78 is 2.36. The van der Waals surface area contributed by atoms with Crippen molar-refractivity contribution in [3.8, 4) is 11.3 Å². The molecule has 0 amide bonds. The Morgan fingerprint density at radius 3 is 2.31 bits per heavy atom. The van der Waals surface area contributed by atoms with Gasteiger partial charge in [-0.2, -0.15) is 0 Å². The summed E-state index contributed by atoms with van der Waals surface area (Å²) in [6.45, 7) is 13.4. The van der Waals surface area contributed by atoms with Gasteiger partial charge in [-0.05, 0) is 60.7 Å². The third kappa shape index (κ3) is 3.68. The molecule has 0 bridgehead atoms. The minimum atomic E-state index is 0. The molecule has 0 saturated heterocycles. The van der Waals surface area contributed by atoms with Crippen LogP contribution in [0.4, 0.5) is 0 Å². The number of rotatable bonds is 2. The first kappa shape index (κ1) is 22.7. The molecule has 0 fully saturated rings. The van der Waals surface area contributed by atoms with Crippen LogP contribution in [-0.2, 0) is 26.5 Å². The molecule has 165 valence electrons. The van der Waals surface area contributed by atoms with Gasteiger partial charge in [0.2, 0.25) is 0 Å². The summed E-state index contributed by atoms with van der Waals surface area (Å²) in [6, 6.07) is 23.2. The zero-order chi connectivity index (χ0) is 21.9. The van der Waals surface area contributed by atoms with Crippen molar-refractivity contribution < 1.29 is 20.1 Å². The van der Waals surface area contributed by atoms with Gasteiger partial charge in [0.1, 0.15) is 0 Å². The number of hydrogen-bond donors (Lipinski definition) is 0. The molecule has 32 heavy (non-hydrogen) atoms. The average Bonchev–Trinajstić information content (AvgIpc) is 3.04. The SMILES string of the molecule is Cc1cccc(C)c1-c1c(C)nc2c3[c-]cccc3c3cc(CC(C)(C)C)ccc3n12.[Ir]. The second-order valence-corrected chi connectivity index (χ2v) is 10.0. The van der Waals surface area contributed by atoms with Crippen LogP contribution in [0.15, 0.2) is 54.6 Å². The standard InChI is InChI=1S/C29H29N2.Ir/c1-18-10-9-11-19(2)26(18)27-20(3)30-28-23-13-8-7-12-22(23)24-16-21(17-29(4,5)6)14-15-25(24)31(27)28;/h7-12,14-16H,17H2,1-6H3;/q-1;. The maximum absolute atomic E-state index is 5.06. The molecule has 2 aromatic heterocycles. The number of imidazole rings is 1. The van der Waals surface area contributed by atoms with E-state index >= 15 is 0 Å². The predicted octanol–water partition coefficient (Wildman–Crippen LogP) is 7.62. The van der Waals surface area contributed by atoms with Crippen molar-refractivity contribution in [3.05, 3.63) is 83.0 Å². The van der Waals surface area contributed by atoms with Crippen LogP contribution in [0.25, 0.3) is 38.6 Å². The van der Waals surface area contributed by atoms with Crippen LogP contribution in [0.5, 0.6) is 0 Å². The van der Waals surface area contributed by atoms with Crippen molar-refractivity contribution in [2.24, 2.45) is 5.41 Å². The smallest absolute Gasteiger partial charge is 0.0669 e. The first-order chi connectivity index (χ1) is 14.7. The zero-order valence-corrected chi connectivity index (χ0v) is 22.0. The number of aromatic nitrogens is 2. The Morgan fingerprint density at radius 1 is 0.906 bits per heavy atom. The largest absolute Gasteiger partial charge is 0.333 e. The van der Waals surface area contributed by atoms with E-state index in [1.807, 2.05) is 6.07 Å². The average molecular weight is 598 g/mol.